The molecule has 3 aliphatic heterocycles. The largest absolute Gasteiger partial charge is 0.338 e. The summed E-state index contributed by atoms with van der Waals surface area (Å²) in [6.07, 6.45) is 9.51. The van der Waals surface area contributed by atoms with Gasteiger partial charge in [-0.15, -0.1) is 0 Å². The second kappa shape index (κ2) is 5.61. The summed E-state index contributed by atoms with van der Waals surface area (Å²) >= 11 is 0. The first kappa shape index (κ1) is 15.5. The van der Waals surface area contributed by atoms with Gasteiger partial charge in [-0.1, -0.05) is 6.08 Å². The van der Waals surface area contributed by atoms with Crippen LogP contribution in [0.5, 0.6) is 0 Å². The van der Waals surface area contributed by atoms with Gasteiger partial charge in [0.15, 0.2) is 5.78 Å². The SMILES string of the molecule is O=C1CCCC2=NC(=O)C(C(=O)N3CC4CC5CC(C4)CC3C5)C=C12. The molecule has 3 unspecified atom stereocenters. The third-order valence-electron chi connectivity index (χ3n) is 6.93. The number of aliphatic imine (C=N–C) groups is 1. The molecule has 132 valence electrons. The number of amides is 2. The third kappa shape index (κ3) is 2.51. The number of allylic oxidation sites excluding steroid dienone is 1. The molecule has 3 atom stereocenters. The van der Waals surface area contributed by atoms with Gasteiger partial charge in [0.25, 0.3) is 5.91 Å². The zero-order valence-electron chi connectivity index (χ0n) is 14.4. The average molecular weight is 340 g/mol. The maximum Gasteiger partial charge on any atom is 0.262 e. The second-order valence-corrected chi connectivity index (χ2v) is 8.65. The Labute approximate surface area is 147 Å². The van der Waals surface area contributed by atoms with E-state index in [9.17, 15) is 14.4 Å². The fourth-order valence-electron chi connectivity index (χ4n) is 6.00. The number of nitrogens with zero attached hydrogens (tertiary/aromatic N) is 2. The van der Waals surface area contributed by atoms with Crippen LogP contribution in [0.3, 0.4) is 0 Å². The lowest BCUT2D eigenvalue weighted by Crippen LogP contribution is -2.47. The van der Waals surface area contributed by atoms with Gasteiger partial charge in [0.05, 0.1) is 5.71 Å². The molecule has 25 heavy (non-hydrogen) atoms. The minimum Gasteiger partial charge on any atom is -0.338 e. The van der Waals surface area contributed by atoms with Crippen LogP contribution in [0, 0.1) is 23.7 Å². The van der Waals surface area contributed by atoms with E-state index in [1.807, 2.05) is 4.90 Å². The highest BCUT2D eigenvalue weighted by Gasteiger charge is 2.46. The van der Waals surface area contributed by atoms with E-state index in [-0.39, 0.29) is 23.6 Å². The van der Waals surface area contributed by atoms with Crippen molar-refractivity contribution in [2.24, 2.45) is 28.7 Å². The summed E-state index contributed by atoms with van der Waals surface area (Å²) in [5.74, 6) is 0.763. The molecule has 0 spiro atoms. The fraction of sp³-hybridized carbons (Fsp3) is 0.700. The molecule has 0 N–H and O–H groups in total. The Balaban J connectivity index is 1.43. The first-order valence-electron chi connectivity index (χ1n) is 9.75. The predicted octanol–water partition coefficient (Wildman–Crippen LogP) is 2.30. The van der Waals surface area contributed by atoms with Crippen LogP contribution in [-0.4, -0.2) is 40.8 Å². The topological polar surface area (TPSA) is 66.8 Å². The van der Waals surface area contributed by atoms with Crippen LogP contribution in [0.25, 0.3) is 0 Å². The molecule has 3 aliphatic carbocycles. The van der Waals surface area contributed by atoms with Crippen molar-refractivity contribution in [3.05, 3.63) is 11.6 Å². The van der Waals surface area contributed by atoms with Crippen LogP contribution in [0.2, 0.25) is 0 Å². The molecule has 6 rings (SSSR count). The Hall–Kier alpha value is -1.78. The van der Waals surface area contributed by atoms with Crippen molar-refractivity contribution in [2.45, 2.75) is 57.4 Å². The van der Waals surface area contributed by atoms with E-state index in [0.717, 1.165) is 37.6 Å². The highest BCUT2D eigenvalue weighted by molar-refractivity contribution is 6.28. The summed E-state index contributed by atoms with van der Waals surface area (Å²) in [6.45, 7) is 0.786. The fourth-order valence-corrected chi connectivity index (χ4v) is 6.00. The van der Waals surface area contributed by atoms with E-state index in [4.69, 9.17) is 0 Å². The molecule has 6 aliphatic rings. The van der Waals surface area contributed by atoms with Crippen LogP contribution in [0.15, 0.2) is 16.6 Å². The highest BCUT2D eigenvalue weighted by atomic mass is 16.2. The quantitative estimate of drug-likeness (QED) is 0.688. The Kier molecular flexibility index (Phi) is 3.47. The van der Waals surface area contributed by atoms with Gasteiger partial charge in [0.2, 0.25) is 5.91 Å². The summed E-state index contributed by atoms with van der Waals surface area (Å²) in [5.41, 5.74) is 1.13. The van der Waals surface area contributed by atoms with Crippen molar-refractivity contribution in [3.63, 3.8) is 0 Å². The van der Waals surface area contributed by atoms with Gasteiger partial charge in [-0.05, 0) is 62.7 Å². The lowest BCUT2D eigenvalue weighted by atomic mass is 9.68. The molecule has 5 heteroatoms. The maximum atomic E-state index is 13.2. The Morgan fingerprint density at radius 3 is 2.48 bits per heavy atom. The Bertz CT molecular complexity index is 708. The van der Waals surface area contributed by atoms with Gasteiger partial charge >= 0.3 is 0 Å². The third-order valence-corrected chi connectivity index (χ3v) is 6.93. The minimum absolute atomic E-state index is 0.0335. The van der Waals surface area contributed by atoms with Gasteiger partial charge in [0.1, 0.15) is 5.92 Å². The number of dihydropyridines is 1. The smallest absolute Gasteiger partial charge is 0.262 e. The number of hydrogen-bond acceptors (Lipinski definition) is 3. The van der Waals surface area contributed by atoms with Crippen molar-refractivity contribution < 1.29 is 14.4 Å². The first-order valence-corrected chi connectivity index (χ1v) is 9.75. The zero-order chi connectivity index (χ0) is 17.1. The first-order chi connectivity index (χ1) is 12.1. The molecule has 0 aromatic carbocycles. The van der Waals surface area contributed by atoms with Gasteiger partial charge in [-0.3, -0.25) is 14.4 Å². The lowest BCUT2D eigenvalue weighted by Gasteiger charge is -2.39. The number of hydrogen-bond donors (Lipinski definition) is 0. The molecule has 0 radical (unpaired) electrons. The van der Waals surface area contributed by atoms with Crippen molar-refractivity contribution in [2.75, 3.05) is 6.54 Å². The number of fused-ring (bicyclic) bond motifs is 2. The second-order valence-electron chi connectivity index (χ2n) is 8.65. The molecule has 0 aromatic rings. The summed E-state index contributed by atoms with van der Waals surface area (Å²) in [7, 11) is 0. The van der Waals surface area contributed by atoms with E-state index in [0.29, 0.717) is 30.0 Å². The van der Waals surface area contributed by atoms with E-state index in [2.05, 4.69) is 4.99 Å². The average Bonchev–Trinajstić information content (AvgIpc) is 2.77. The number of Topliss-reactive ketones (excluding diaryl/α,β-unsaturated/α-hetero) is 1. The van der Waals surface area contributed by atoms with Gasteiger partial charge in [-0.25, -0.2) is 4.99 Å². The van der Waals surface area contributed by atoms with E-state index in [1.165, 1.54) is 19.3 Å². The van der Waals surface area contributed by atoms with E-state index >= 15 is 0 Å². The van der Waals surface area contributed by atoms with Crippen LogP contribution in [-0.2, 0) is 14.4 Å². The van der Waals surface area contributed by atoms with Crippen LogP contribution < -0.4 is 0 Å². The summed E-state index contributed by atoms with van der Waals surface area (Å²) < 4.78 is 0. The predicted molar refractivity (Wildman–Crippen MR) is 91.9 cm³/mol. The van der Waals surface area contributed by atoms with Gasteiger partial charge in [0, 0.05) is 24.6 Å². The molecular weight excluding hydrogens is 316 g/mol. The monoisotopic (exact) mass is 340 g/mol. The Morgan fingerprint density at radius 1 is 1.00 bits per heavy atom. The normalized spacial score (nSPS) is 39.7. The van der Waals surface area contributed by atoms with Crippen LogP contribution >= 0.6 is 0 Å². The molecular formula is C20H24N2O3. The van der Waals surface area contributed by atoms with E-state index < -0.39 is 5.92 Å². The van der Waals surface area contributed by atoms with E-state index in [1.54, 1.807) is 6.08 Å². The molecule has 0 aromatic heterocycles. The minimum atomic E-state index is -0.878. The standard InChI is InChI=1S/C20H24N2O3/c23-18-3-1-2-17-15(18)9-16(19(24)21-17)20(25)22-10-13-5-11-4-12(6-13)8-14(22)7-11/h9,11-14,16H,1-8,10H2. The highest BCUT2D eigenvalue weighted by Crippen LogP contribution is 2.47. The molecule has 2 saturated heterocycles. The molecule has 2 amide bonds. The number of carbonyl (C=O) groups is 3. The maximum absolute atomic E-state index is 13.2. The van der Waals surface area contributed by atoms with Crippen molar-refractivity contribution in [1.82, 2.24) is 4.90 Å². The molecule has 5 nitrogen and oxygen atoms in total. The molecule has 4 bridgehead atoms. The summed E-state index contributed by atoms with van der Waals surface area (Å²) in [6, 6.07) is 0.280. The number of rotatable bonds is 1. The lowest BCUT2D eigenvalue weighted by molar-refractivity contribution is -0.141. The molecule has 3 heterocycles. The van der Waals surface area contributed by atoms with Gasteiger partial charge < -0.3 is 4.90 Å². The van der Waals surface area contributed by atoms with Crippen molar-refractivity contribution >= 4 is 23.3 Å². The number of carbonyl (C=O) groups excluding carboxylic acids is 3. The summed E-state index contributed by atoms with van der Waals surface area (Å²) in [4.78, 5) is 44.0. The zero-order valence-corrected chi connectivity index (χ0v) is 14.4. The van der Waals surface area contributed by atoms with Crippen molar-refractivity contribution in [1.29, 1.82) is 0 Å². The molecule has 3 saturated carbocycles. The summed E-state index contributed by atoms with van der Waals surface area (Å²) in [5, 5.41) is 0. The van der Waals surface area contributed by atoms with Crippen LogP contribution in [0.1, 0.15) is 51.4 Å². The Morgan fingerprint density at radius 2 is 1.72 bits per heavy atom. The van der Waals surface area contributed by atoms with Crippen LogP contribution in [0.4, 0.5) is 0 Å². The van der Waals surface area contributed by atoms with Crippen molar-refractivity contribution in [3.8, 4) is 0 Å². The van der Waals surface area contributed by atoms with Gasteiger partial charge in [-0.2, -0.15) is 0 Å². The number of ketones is 1. The molecule has 5 fully saturated rings.